The van der Waals surface area contributed by atoms with Gasteiger partial charge in [0, 0.05) is 6.42 Å². The van der Waals surface area contributed by atoms with Crippen molar-refractivity contribution < 1.29 is 9.47 Å². The molecule has 0 amide bonds. The van der Waals surface area contributed by atoms with Gasteiger partial charge >= 0.3 is 0 Å². The fourth-order valence-electron chi connectivity index (χ4n) is 2.48. The minimum absolute atomic E-state index is 0.231. The van der Waals surface area contributed by atoms with Crippen LogP contribution in [0.4, 0.5) is 0 Å². The van der Waals surface area contributed by atoms with E-state index < -0.39 is 0 Å². The Bertz CT molecular complexity index is 595. The van der Waals surface area contributed by atoms with Crippen LogP contribution >= 0.6 is 0 Å². The van der Waals surface area contributed by atoms with Crippen LogP contribution in [0, 0.1) is 0 Å². The second kappa shape index (κ2) is 7.76. The molecule has 1 atom stereocenters. The SMILES string of the molecule is c1ccc(COCC2CCC(OCc3ccccc3)=N2)cc1. The molecule has 0 spiro atoms. The molecule has 0 N–H and O–H groups in total. The lowest BCUT2D eigenvalue weighted by atomic mass is 10.2. The monoisotopic (exact) mass is 295 g/mol. The average Bonchev–Trinajstić information content (AvgIpc) is 3.03. The average molecular weight is 295 g/mol. The molecule has 0 fully saturated rings. The van der Waals surface area contributed by atoms with Crippen molar-refractivity contribution in [2.24, 2.45) is 4.99 Å². The van der Waals surface area contributed by atoms with E-state index in [9.17, 15) is 0 Å². The second-order valence-electron chi connectivity index (χ2n) is 5.49. The zero-order chi connectivity index (χ0) is 15.0. The summed E-state index contributed by atoms with van der Waals surface area (Å²) in [4.78, 5) is 4.60. The van der Waals surface area contributed by atoms with E-state index in [0.29, 0.717) is 19.8 Å². The van der Waals surface area contributed by atoms with Crippen molar-refractivity contribution in [3.8, 4) is 0 Å². The molecule has 1 heterocycles. The summed E-state index contributed by atoms with van der Waals surface area (Å²) in [5.41, 5.74) is 2.37. The van der Waals surface area contributed by atoms with Gasteiger partial charge in [-0.2, -0.15) is 0 Å². The highest BCUT2D eigenvalue weighted by molar-refractivity contribution is 5.78. The Labute approximate surface area is 131 Å². The Morgan fingerprint density at radius 2 is 1.50 bits per heavy atom. The lowest BCUT2D eigenvalue weighted by molar-refractivity contribution is 0.108. The maximum Gasteiger partial charge on any atom is 0.184 e. The quantitative estimate of drug-likeness (QED) is 0.807. The summed E-state index contributed by atoms with van der Waals surface area (Å²) in [6.07, 6.45) is 1.92. The van der Waals surface area contributed by atoms with Gasteiger partial charge in [-0.15, -0.1) is 0 Å². The topological polar surface area (TPSA) is 30.8 Å². The van der Waals surface area contributed by atoms with Crippen molar-refractivity contribution >= 4 is 5.90 Å². The molecular weight excluding hydrogens is 274 g/mol. The lowest BCUT2D eigenvalue weighted by Crippen LogP contribution is -2.10. The Morgan fingerprint density at radius 1 is 0.864 bits per heavy atom. The summed E-state index contributed by atoms with van der Waals surface area (Å²) in [7, 11) is 0. The van der Waals surface area contributed by atoms with Crippen molar-refractivity contribution in [1.29, 1.82) is 0 Å². The van der Waals surface area contributed by atoms with Gasteiger partial charge in [-0.1, -0.05) is 60.7 Å². The van der Waals surface area contributed by atoms with Crippen LogP contribution in [0.2, 0.25) is 0 Å². The van der Waals surface area contributed by atoms with Gasteiger partial charge in [0.05, 0.1) is 19.3 Å². The van der Waals surface area contributed by atoms with Crippen molar-refractivity contribution in [1.82, 2.24) is 0 Å². The van der Waals surface area contributed by atoms with Crippen molar-refractivity contribution in [3.63, 3.8) is 0 Å². The van der Waals surface area contributed by atoms with Crippen LogP contribution in [0.1, 0.15) is 24.0 Å². The Hall–Kier alpha value is -2.13. The maximum absolute atomic E-state index is 5.78. The molecular formula is C19H21NO2. The standard InChI is InChI=1S/C19H21NO2/c1-3-7-16(8-4-1)13-21-15-18-11-12-19(20-18)22-14-17-9-5-2-6-10-17/h1-10,18H,11-15H2. The van der Waals surface area contributed by atoms with E-state index in [1.54, 1.807) is 0 Å². The van der Waals surface area contributed by atoms with Gasteiger partial charge < -0.3 is 9.47 Å². The Morgan fingerprint density at radius 3 is 2.18 bits per heavy atom. The lowest BCUT2D eigenvalue weighted by Gasteiger charge is -2.07. The van der Waals surface area contributed by atoms with E-state index in [-0.39, 0.29) is 6.04 Å². The number of rotatable bonds is 6. The van der Waals surface area contributed by atoms with Crippen LogP contribution in [0.5, 0.6) is 0 Å². The van der Waals surface area contributed by atoms with Gasteiger partial charge in [0.25, 0.3) is 0 Å². The van der Waals surface area contributed by atoms with Crippen molar-refractivity contribution in [2.45, 2.75) is 32.1 Å². The molecule has 0 saturated carbocycles. The third-order valence-electron chi connectivity index (χ3n) is 3.69. The van der Waals surface area contributed by atoms with Crippen LogP contribution in [0.25, 0.3) is 0 Å². The van der Waals surface area contributed by atoms with Crippen molar-refractivity contribution in [2.75, 3.05) is 6.61 Å². The Balaban J connectivity index is 1.40. The highest BCUT2D eigenvalue weighted by Gasteiger charge is 2.18. The molecule has 1 aliphatic heterocycles. The minimum Gasteiger partial charge on any atom is -0.476 e. The van der Waals surface area contributed by atoms with Gasteiger partial charge in [-0.05, 0) is 17.5 Å². The van der Waals surface area contributed by atoms with E-state index in [1.807, 2.05) is 36.4 Å². The number of benzene rings is 2. The molecule has 3 nitrogen and oxygen atoms in total. The first-order valence-electron chi connectivity index (χ1n) is 7.75. The van der Waals surface area contributed by atoms with E-state index in [4.69, 9.17) is 9.47 Å². The van der Waals surface area contributed by atoms with Crippen LogP contribution < -0.4 is 0 Å². The first-order chi connectivity index (χ1) is 10.9. The summed E-state index contributed by atoms with van der Waals surface area (Å²) in [5, 5.41) is 0. The zero-order valence-corrected chi connectivity index (χ0v) is 12.7. The van der Waals surface area contributed by atoms with Crippen LogP contribution in [-0.2, 0) is 22.7 Å². The molecule has 0 aromatic heterocycles. The molecule has 3 heteroatoms. The normalized spacial score (nSPS) is 17.3. The molecule has 2 aromatic rings. The largest absolute Gasteiger partial charge is 0.476 e. The fourth-order valence-corrected chi connectivity index (χ4v) is 2.48. The third kappa shape index (κ3) is 4.43. The summed E-state index contributed by atoms with van der Waals surface area (Å²) in [6.45, 7) is 1.90. The molecule has 0 radical (unpaired) electrons. The summed E-state index contributed by atoms with van der Waals surface area (Å²) >= 11 is 0. The molecule has 1 aliphatic rings. The molecule has 114 valence electrons. The van der Waals surface area contributed by atoms with Crippen LogP contribution in [0.15, 0.2) is 65.7 Å². The number of ether oxygens (including phenoxy) is 2. The molecule has 0 saturated heterocycles. The highest BCUT2D eigenvalue weighted by Crippen LogP contribution is 2.16. The summed E-state index contributed by atoms with van der Waals surface area (Å²) < 4.78 is 11.5. The van der Waals surface area contributed by atoms with Gasteiger partial charge in [-0.3, -0.25) is 0 Å². The highest BCUT2D eigenvalue weighted by atomic mass is 16.5. The van der Waals surface area contributed by atoms with Gasteiger partial charge in [0.2, 0.25) is 0 Å². The number of nitrogens with zero attached hydrogens (tertiary/aromatic N) is 1. The molecule has 1 unspecified atom stereocenters. The first kappa shape index (κ1) is 14.8. The van der Waals surface area contributed by atoms with E-state index in [2.05, 4.69) is 29.3 Å². The van der Waals surface area contributed by atoms with E-state index >= 15 is 0 Å². The smallest absolute Gasteiger partial charge is 0.184 e. The molecule has 0 bridgehead atoms. The van der Waals surface area contributed by atoms with Crippen LogP contribution in [-0.4, -0.2) is 18.5 Å². The van der Waals surface area contributed by atoms with E-state index in [0.717, 1.165) is 18.7 Å². The number of aliphatic imine (C=N–C) groups is 1. The van der Waals surface area contributed by atoms with E-state index in [1.165, 1.54) is 11.1 Å². The van der Waals surface area contributed by atoms with Crippen LogP contribution in [0.3, 0.4) is 0 Å². The van der Waals surface area contributed by atoms with Gasteiger partial charge in [0.1, 0.15) is 6.61 Å². The fraction of sp³-hybridized carbons (Fsp3) is 0.316. The zero-order valence-electron chi connectivity index (χ0n) is 12.7. The predicted molar refractivity (Wildman–Crippen MR) is 87.8 cm³/mol. The summed E-state index contributed by atoms with van der Waals surface area (Å²) in [6, 6.07) is 20.6. The first-order valence-corrected chi connectivity index (χ1v) is 7.75. The van der Waals surface area contributed by atoms with Gasteiger partial charge in [-0.25, -0.2) is 4.99 Å². The maximum atomic E-state index is 5.78. The Kier molecular flexibility index (Phi) is 5.22. The number of hydrogen-bond acceptors (Lipinski definition) is 3. The molecule has 0 aliphatic carbocycles. The predicted octanol–water partition coefficient (Wildman–Crippen LogP) is 3.98. The van der Waals surface area contributed by atoms with Gasteiger partial charge in [0.15, 0.2) is 5.90 Å². The summed E-state index contributed by atoms with van der Waals surface area (Å²) in [5.74, 6) is 0.858. The second-order valence-corrected chi connectivity index (χ2v) is 5.49. The van der Waals surface area contributed by atoms with Crippen molar-refractivity contribution in [3.05, 3.63) is 71.8 Å². The minimum atomic E-state index is 0.231. The molecule has 22 heavy (non-hydrogen) atoms. The third-order valence-corrected chi connectivity index (χ3v) is 3.69. The molecule has 3 rings (SSSR count). The molecule has 2 aromatic carbocycles. The number of hydrogen-bond donors (Lipinski definition) is 0.